The van der Waals surface area contributed by atoms with Crippen LogP contribution in [0.25, 0.3) is 5.69 Å². The molecule has 3 rings (SSSR count). The van der Waals surface area contributed by atoms with Crippen molar-refractivity contribution >= 4 is 23.6 Å². The highest BCUT2D eigenvalue weighted by molar-refractivity contribution is 5.96. The average Bonchev–Trinajstić information content (AvgIpc) is 3.33. The molecule has 0 radical (unpaired) electrons. The Hall–Kier alpha value is -3.73. The molecule has 11 nitrogen and oxygen atoms in total. The first-order valence-electron chi connectivity index (χ1n) is 13.6. The minimum absolute atomic E-state index is 0.0115. The van der Waals surface area contributed by atoms with Crippen molar-refractivity contribution < 1.29 is 28.7 Å². The van der Waals surface area contributed by atoms with Crippen molar-refractivity contribution in [2.45, 2.75) is 66.0 Å². The molecule has 0 saturated carbocycles. The van der Waals surface area contributed by atoms with Gasteiger partial charge >= 0.3 is 5.97 Å². The Labute approximate surface area is 235 Å². The van der Waals surface area contributed by atoms with E-state index in [1.54, 1.807) is 58.6 Å². The van der Waals surface area contributed by atoms with Crippen LogP contribution in [0.3, 0.4) is 0 Å². The molecule has 2 N–H and O–H groups in total. The summed E-state index contributed by atoms with van der Waals surface area (Å²) in [6.45, 7) is 12.8. The minimum atomic E-state index is -0.952. The normalized spacial score (nSPS) is 14.8. The monoisotopic (exact) mass is 555 g/mol. The predicted octanol–water partition coefficient (Wildman–Crippen LogP) is 2.52. The number of benzene rings is 1. The largest absolute Gasteiger partial charge is 0.470 e. The molecule has 1 unspecified atom stereocenters. The highest BCUT2D eigenvalue weighted by atomic mass is 16.6. The van der Waals surface area contributed by atoms with E-state index in [1.165, 1.54) is 10.7 Å². The van der Waals surface area contributed by atoms with Gasteiger partial charge in [-0.3, -0.25) is 19.2 Å². The van der Waals surface area contributed by atoms with Gasteiger partial charge in [0.2, 0.25) is 11.8 Å². The fourth-order valence-corrected chi connectivity index (χ4v) is 3.94. The van der Waals surface area contributed by atoms with Gasteiger partial charge in [-0.25, -0.2) is 4.68 Å². The lowest BCUT2D eigenvalue weighted by molar-refractivity contribution is -0.155. The van der Waals surface area contributed by atoms with E-state index in [1.807, 2.05) is 18.2 Å². The first kappa shape index (κ1) is 30.8. The van der Waals surface area contributed by atoms with Crippen LogP contribution in [0.15, 0.2) is 36.4 Å². The van der Waals surface area contributed by atoms with E-state index >= 15 is 0 Å². The predicted molar refractivity (Wildman–Crippen MR) is 149 cm³/mol. The van der Waals surface area contributed by atoms with Crippen LogP contribution in [-0.4, -0.2) is 82.7 Å². The first-order valence-corrected chi connectivity index (χ1v) is 13.6. The Balaban J connectivity index is 1.83. The van der Waals surface area contributed by atoms with Crippen molar-refractivity contribution in [3.8, 4) is 11.6 Å². The minimum Gasteiger partial charge on any atom is -0.470 e. The molecule has 1 fully saturated rings. The zero-order valence-electron chi connectivity index (χ0n) is 24.3. The fourth-order valence-electron chi connectivity index (χ4n) is 3.94. The molecule has 1 aromatic carbocycles. The lowest BCUT2D eigenvalue weighted by atomic mass is 9.91. The van der Waals surface area contributed by atoms with Gasteiger partial charge in [0.1, 0.15) is 18.2 Å². The number of hydrogen-bond acceptors (Lipinski definition) is 8. The molecule has 0 bridgehead atoms. The molecule has 1 aromatic heterocycles. The molecular formula is C29H41N5O6. The molecular weight excluding hydrogens is 514 g/mol. The number of piperazine rings is 1. The molecule has 1 aliphatic heterocycles. The molecule has 2 aromatic rings. The van der Waals surface area contributed by atoms with E-state index in [2.05, 4.69) is 15.7 Å². The van der Waals surface area contributed by atoms with E-state index in [0.29, 0.717) is 31.9 Å². The molecule has 2 amide bonds. The molecule has 11 heteroatoms. The maximum atomic E-state index is 13.4. The number of aromatic nitrogens is 2. The topological polar surface area (TPSA) is 132 Å². The number of ether oxygens (including phenoxy) is 2. The molecule has 40 heavy (non-hydrogen) atoms. The van der Waals surface area contributed by atoms with Crippen LogP contribution in [0.5, 0.6) is 5.88 Å². The van der Waals surface area contributed by atoms with Crippen LogP contribution in [0.1, 0.15) is 64.9 Å². The van der Waals surface area contributed by atoms with Crippen LogP contribution >= 0.6 is 0 Å². The third-order valence-electron chi connectivity index (χ3n) is 6.19. The van der Waals surface area contributed by atoms with Gasteiger partial charge in [-0.15, -0.1) is 0 Å². The number of carbonyl (C=O) groups is 4. The third-order valence-corrected chi connectivity index (χ3v) is 6.19. The second kappa shape index (κ2) is 13.1. The molecule has 1 aliphatic rings. The van der Waals surface area contributed by atoms with Gasteiger partial charge in [0.05, 0.1) is 5.69 Å². The molecule has 0 spiro atoms. The first-order chi connectivity index (χ1) is 18.7. The Morgan fingerprint density at radius 1 is 1.02 bits per heavy atom. The Morgan fingerprint density at radius 3 is 2.27 bits per heavy atom. The van der Waals surface area contributed by atoms with E-state index in [0.717, 1.165) is 0 Å². The zero-order chi connectivity index (χ0) is 29.5. The summed E-state index contributed by atoms with van der Waals surface area (Å²) in [7, 11) is 0. The van der Waals surface area contributed by atoms with Gasteiger partial charge in [0, 0.05) is 44.1 Å². The van der Waals surface area contributed by atoms with Crippen LogP contribution in [0.4, 0.5) is 0 Å². The molecule has 2 heterocycles. The summed E-state index contributed by atoms with van der Waals surface area (Å²) in [6, 6.07) is 9.57. The van der Waals surface area contributed by atoms with E-state index in [4.69, 9.17) is 9.47 Å². The Morgan fingerprint density at radius 2 is 1.68 bits per heavy atom. The van der Waals surface area contributed by atoms with Crippen molar-refractivity contribution in [1.82, 2.24) is 25.3 Å². The molecule has 1 saturated heterocycles. The Bertz CT molecular complexity index is 1190. The second-order valence-corrected chi connectivity index (χ2v) is 11.8. The smallest absolute Gasteiger partial charge is 0.306 e. The number of hydrogen-bond donors (Lipinski definition) is 2. The van der Waals surface area contributed by atoms with Crippen LogP contribution in [0.2, 0.25) is 0 Å². The van der Waals surface area contributed by atoms with Gasteiger partial charge in [-0.1, -0.05) is 39.0 Å². The molecule has 218 valence electrons. The van der Waals surface area contributed by atoms with E-state index in [-0.39, 0.29) is 42.7 Å². The SMILES string of the molecule is CC(C)(C)OC(=O)CCC(NC(=O)c1cc(OCC(=O)C(C)(C)C)n(-c2ccccc2)n1)C(=O)N1CCNCC1. The van der Waals surface area contributed by atoms with Crippen LogP contribution in [0, 0.1) is 5.41 Å². The number of nitrogens with zero attached hydrogens (tertiary/aromatic N) is 3. The summed E-state index contributed by atoms with van der Waals surface area (Å²) >= 11 is 0. The number of para-hydroxylation sites is 1. The van der Waals surface area contributed by atoms with Crippen molar-refractivity contribution in [3.63, 3.8) is 0 Å². The number of nitrogens with one attached hydrogen (secondary N) is 2. The summed E-state index contributed by atoms with van der Waals surface area (Å²) in [6.07, 6.45) is 0.0357. The van der Waals surface area contributed by atoms with Gasteiger partial charge in [0.15, 0.2) is 11.5 Å². The summed E-state index contributed by atoms with van der Waals surface area (Å²) in [4.78, 5) is 53.3. The van der Waals surface area contributed by atoms with Crippen molar-refractivity contribution in [3.05, 3.63) is 42.1 Å². The van der Waals surface area contributed by atoms with Gasteiger partial charge < -0.3 is 25.0 Å². The summed E-state index contributed by atoms with van der Waals surface area (Å²) in [5.74, 6) is -1.21. The number of esters is 1. The zero-order valence-corrected chi connectivity index (χ0v) is 24.3. The van der Waals surface area contributed by atoms with Crippen molar-refractivity contribution in [2.24, 2.45) is 5.41 Å². The highest BCUT2D eigenvalue weighted by Crippen LogP contribution is 2.22. The third kappa shape index (κ3) is 8.90. The standard InChI is InChI=1S/C29H41N5O6/c1-28(2,3)23(35)19-39-24-18-22(32-34(24)20-10-8-7-9-11-20)26(37)31-21(12-13-25(36)40-29(4,5)6)27(38)33-16-14-30-15-17-33/h7-11,18,21,30H,12-17,19H2,1-6H3,(H,31,37). The lowest BCUT2D eigenvalue weighted by Gasteiger charge is -2.31. The van der Waals surface area contributed by atoms with Gasteiger partial charge in [0.25, 0.3) is 5.91 Å². The number of Topliss-reactive ketones (excluding diaryl/α,β-unsaturated/α-hetero) is 1. The molecule has 1 atom stereocenters. The lowest BCUT2D eigenvalue weighted by Crippen LogP contribution is -2.54. The summed E-state index contributed by atoms with van der Waals surface area (Å²) in [5, 5.41) is 10.4. The summed E-state index contributed by atoms with van der Waals surface area (Å²) in [5.41, 5.74) is -0.604. The number of ketones is 1. The number of rotatable bonds is 10. The average molecular weight is 556 g/mol. The van der Waals surface area contributed by atoms with Gasteiger partial charge in [-0.2, -0.15) is 5.10 Å². The van der Waals surface area contributed by atoms with E-state index < -0.39 is 28.9 Å². The van der Waals surface area contributed by atoms with E-state index in [9.17, 15) is 19.2 Å². The van der Waals surface area contributed by atoms with Crippen LogP contribution < -0.4 is 15.4 Å². The fraction of sp³-hybridized carbons (Fsp3) is 0.552. The number of carbonyl (C=O) groups excluding carboxylic acids is 4. The quantitative estimate of drug-likeness (QED) is 0.428. The number of amides is 2. The second-order valence-electron chi connectivity index (χ2n) is 11.8. The maximum Gasteiger partial charge on any atom is 0.306 e. The van der Waals surface area contributed by atoms with Crippen LogP contribution in [-0.2, 0) is 19.1 Å². The van der Waals surface area contributed by atoms with Crippen molar-refractivity contribution in [2.75, 3.05) is 32.8 Å². The van der Waals surface area contributed by atoms with Crippen molar-refractivity contribution in [1.29, 1.82) is 0 Å². The molecule has 0 aliphatic carbocycles. The summed E-state index contributed by atoms with van der Waals surface area (Å²) < 4.78 is 12.6. The highest BCUT2D eigenvalue weighted by Gasteiger charge is 2.30. The van der Waals surface area contributed by atoms with Gasteiger partial charge in [-0.05, 0) is 39.3 Å². The maximum absolute atomic E-state index is 13.4. The Kier molecular flexibility index (Phi) is 10.1.